The Bertz CT molecular complexity index is 438. The second-order valence-corrected chi connectivity index (χ2v) is 5.05. The summed E-state index contributed by atoms with van der Waals surface area (Å²) in [6.45, 7) is 2.08. The van der Waals surface area contributed by atoms with Gasteiger partial charge in [-0.2, -0.15) is 0 Å². The number of thioether (sulfide) groups is 1. The minimum absolute atomic E-state index is 0.848. The van der Waals surface area contributed by atoms with Crippen molar-refractivity contribution in [2.45, 2.75) is 17.6 Å². The zero-order chi connectivity index (χ0) is 10.7. The molecule has 0 fully saturated rings. The van der Waals surface area contributed by atoms with E-state index < -0.39 is 0 Å². The maximum Gasteiger partial charge on any atom is 0.0795 e. The SMILES string of the molecule is Cc1ccc(N)c(SCc2cscn2)c1. The number of nitrogens with zero attached hydrogens (tertiary/aromatic N) is 1. The fourth-order valence-corrected chi connectivity index (χ4v) is 2.86. The number of nitrogen functional groups attached to an aromatic ring is 1. The quantitative estimate of drug-likeness (QED) is 0.656. The normalized spacial score (nSPS) is 10.5. The van der Waals surface area contributed by atoms with E-state index in [-0.39, 0.29) is 0 Å². The molecular weight excluding hydrogens is 224 g/mol. The average molecular weight is 236 g/mol. The van der Waals surface area contributed by atoms with Gasteiger partial charge in [0.1, 0.15) is 0 Å². The summed E-state index contributed by atoms with van der Waals surface area (Å²) in [5.74, 6) is 0.886. The minimum atomic E-state index is 0.848. The van der Waals surface area contributed by atoms with Crippen molar-refractivity contribution in [3.63, 3.8) is 0 Å². The van der Waals surface area contributed by atoms with Gasteiger partial charge in [-0.15, -0.1) is 23.1 Å². The molecule has 0 aliphatic carbocycles. The lowest BCUT2D eigenvalue weighted by Crippen LogP contribution is -1.89. The third kappa shape index (κ3) is 2.73. The van der Waals surface area contributed by atoms with Gasteiger partial charge < -0.3 is 5.73 Å². The van der Waals surface area contributed by atoms with Crippen molar-refractivity contribution in [2.24, 2.45) is 0 Å². The molecule has 0 radical (unpaired) electrons. The van der Waals surface area contributed by atoms with E-state index in [2.05, 4.69) is 23.4 Å². The molecular formula is C11H12N2S2. The van der Waals surface area contributed by atoms with Crippen molar-refractivity contribution in [3.8, 4) is 0 Å². The predicted molar refractivity (Wildman–Crippen MR) is 67.3 cm³/mol. The van der Waals surface area contributed by atoms with Crippen LogP contribution in [-0.2, 0) is 5.75 Å². The maximum atomic E-state index is 5.89. The van der Waals surface area contributed by atoms with Crippen molar-refractivity contribution in [2.75, 3.05) is 5.73 Å². The van der Waals surface area contributed by atoms with E-state index in [4.69, 9.17) is 5.73 Å². The van der Waals surface area contributed by atoms with Crippen LogP contribution < -0.4 is 5.73 Å². The van der Waals surface area contributed by atoms with Gasteiger partial charge in [0, 0.05) is 21.7 Å². The number of thiazole rings is 1. The molecule has 2 N–H and O–H groups in total. The summed E-state index contributed by atoms with van der Waals surface area (Å²) in [6.07, 6.45) is 0. The van der Waals surface area contributed by atoms with E-state index >= 15 is 0 Å². The van der Waals surface area contributed by atoms with E-state index in [0.29, 0.717) is 0 Å². The molecule has 0 spiro atoms. The van der Waals surface area contributed by atoms with Crippen LogP contribution in [-0.4, -0.2) is 4.98 Å². The van der Waals surface area contributed by atoms with E-state index in [0.717, 1.165) is 22.0 Å². The molecule has 0 bridgehead atoms. The first-order valence-electron chi connectivity index (χ1n) is 4.61. The molecule has 1 aromatic carbocycles. The van der Waals surface area contributed by atoms with Gasteiger partial charge in [0.25, 0.3) is 0 Å². The van der Waals surface area contributed by atoms with Crippen LogP contribution >= 0.6 is 23.1 Å². The van der Waals surface area contributed by atoms with Crippen LogP contribution in [0.15, 0.2) is 34.0 Å². The van der Waals surface area contributed by atoms with Crippen LogP contribution in [0.25, 0.3) is 0 Å². The Labute approximate surface area is 97.5 Å². The Balaban J connectivity index is 2.07. The summed E-state index contributed by atoms with van der Waals surface area (Å²) in [4.78, 5) is 5.38. The Hall–Kier alpha value is -1.00. The van der Waals surface area contributed by atoms with Crippen LogP contribution in [0.4, 0.5) is 5.69 Å². The summed E-state index contributed by atoms with van der Waals surface area (Å²) < 4.78 is 0. The van der Waals surface area contributed by atoms with E-state index in [1.807, 2.05) is 17.6 Å². The molecule has 15 heavy (non-hydrogen) atoms. The lowest BCUT2D eigenvalue weighted by molar-refractivity contribution is 1.23. The molecule has 2 rings (SSSR count). The number of rotatable bonds is 3. The van der Waals surface area contributed by atoms with Crippen molar-refractivity contribution in [1.82, 2.24) is 4.98 Å². The predicted octanol–water partition coefficient (Wildman–Crippen LogP) is 3.33. The van der Waals surface area contributed by atoms with Gasteiger partial charge in [-0.1, -0.05) is 6.07 Å². The average Bonchev–Trinajstić information content (AvgIpc) is 2.72. The molecule has 0 saturated heterocycles. The topological polar surface area (TPSA) is 38.9 Å². The Kier molecular flexibility index (Phi) is 3.28. The Morgan fingerprint density at radius 2 is 2.33 bits per heavy atom. The molecule has 0 aliphatic heterocycles. The molecule has 0 amide bonds. The van der Waals surface area contributed by atoms with Crippen molar-refractivity contribution < 1.29 is 0 Å². The molecule has 4 heteroatoms. The molecule has 78 valence electrons. The van der Waals surface area contributed by atoms with Crippen LogP contribution in [0, 0.1) is 6.92 Å². The number of benzene rings is 1. The molecule has 1 heterocycles. The zero-order valence-corrected chi connectivity index (χ0v) is 10.1. The van der Waals surface area contributed by atoms with Gasteiger partial charge in [0.05, 0.1) is 11.2 Å². The van der Waals surface area contributed by atoms with Crippen LogP contribution in [0.3, 0.4) is 0 Å². The van der Waals surface area contributed by atoms with Gasteiger partial charge >= 0.3 is 0 Å². The minimum Gasteiger partial charge on any atom is -0.398 e. The summed E-state index contributed by atoms with van der Waals surface area (Å²) in [6, 6.07) is 6.10. The highest BCUT2D eigenvalue weighted by atomic mass is 32.2. The monoisotopic (exact) mass is 236 g/mol. The van der Waals surface area contributed by atoms with Gasteiger partial charge in [-0.05, 0) is 24.6 Å². The molecule has 2 aromatic rings. The van der Waals surface area contributed by atoms with Gasteiger partial charge in [-0.25, -0.2) is 4.98 Å². The summed E-state index contributed by atoms with van der Waals surface area (Å²) in [7, 11) is 0. The summed E-state index contributed by atoms with van der Waals surface area (Å²) in [5, 5.41) is 2.07. The smallest absolute Gasteiger partial charge is 0.0795 e. The van der Waals surface area contributed by atoms with Crippen LogP contribution in [0.5, 0.6) is 0 Å². The largest absolute Gasteiger partial charge is 0.398 e. The first-order valence-corrected chi connectivity index (χ1v) is 6.54. The fourth-order valence-electron chi connectivity index (χ4n) is 1.23. The number of hydrogen-bond donors (Lipinski definition) is 1. The first-order chi connectivity index (χ1) is 7.25. The maximum absolute atomic E-state index is 5.89. The third-order valence-electron chi connectivity index (χ3n) is 2.03. The number of aromatic nitrogens is 1. The zero-order valence-electron chi connectivity index (χ0n) is 8.43. The molecule has 0 unspecified atom stereocenters. The third-order valence-corrected chi connectivity index (χ3v) is 3.77. The van der Waals surface area contributed by atoms with E-state index in [1.165, 1.54) is 5.56 Å². The second kappa shape index (κ2) is 4.68. The number of hydrogen-bond acceptors (Lipinski definition) is 4. The number of aryl methyl sites for hydroxylation is 1. The Morgan fingerprint density at radius 1 is 1.47 bits per heavy atom. The number of anilines is 1. The van der Waals surface area contributed by atoms with Crippen molar-refractivity contribution in [1.29, 1.82) is 0 Å². The number of nitrogens with two attached hydrogens (primary N) is 1. The van der Waals surface area contributed by atoms with Gasteiger partial charge in [-0.3, -0.25) is 0 Å². The van der Waals surface area contributed by atoms with Crippen LogP contribution in [0.2, 0.25) is 0 Å². The summed E-state index contributed by atoms with van der Waals surface area (Å²) in [5.41, 5.74) is 11.0. The second-order valence-electron chi connectivity index (χ2n) is 3.31. The Morgan fingerprint density at radius 3 is 3.07 bits per heavy atom. The van der Waals surface area contributed by atoms with Crippen LogP contribution in [0.1, 0.15) is 11.3 Å². The highest BCUT2D eigenvalue weighted by Gasteiger charge is 2.02. The highest BCUT2D eigenvalue weighted by molar-refractivity contribution is 7.98. The fraction of sp³-hybridized carbons (Fsp3) is 0.182. The first kappa shape index (κ1) is 10.5. The molecule has 1 aromatic heterocycles. The van der Waals surface area contributed by atoms with Gasteiger partial charge in [0.2, 0.25) is 0 Å². The lowest BCUT2D eigenvalue weighted by atomic mass is 10.2. The molecule has 0 saturated carbocycles. The van der Waals surface area contributed by atoms with Crippen molar-refractivity contribution >= 4 is 28.8 Å². The summed E-state index contributed by atoms with van der Waals surface area (Å²) >= 11 is 3.36. The van der Waals surface area contributed by atoms with E-state index in [9.17, 15) is 0 Å². The van der Waals surface area contributed by atoms with E-state index in [1.54, 1.807) is 23.1 Å². The molecule has 2 nitrogen and oxygen atoms in total. The van der Waals surface area contributed by atoms with Crippen molar-refractivity contribution in [3.05, 3.63) is 40.3 Å². The molecule has 0 atom stereocenters. The standard InChI is InChI=1S/C11H12N2S2/c1-8-2-3-10(12)11(4-8)15-6-9-5-14-7-13-9/h2-5,7H,6,12H2,1H3. The lowest BCUT2D eigenvalue weighted by Gasteiger charge is -2.05. The highest BCUT2D eigenvalue weighted by Crippen LogP contribution is 2.28. The van der Waals surface area contributed by atoms with Gasteiger partial charge in [0.15, 0.2) is 0 Å². The molecule has 0 aliphatic rings.